The zero-order valence-corrected chi connectivity index (χ0v) is 13.8. The summed E-state index contributed by atoms with van der Waals surface area (Å²) in [6.45, 7) is 0. The minimum Gasteiger partial charge on any atom is -0.478 e. The van der Waals surface area contributed by atoms with E-state index >= 15 is 0 Å². The third-order valence-corrected chi connectivity index (χ3v) is 4.98. The maximum atomic E-state index is 12.3. The lowest BCUT2D eigenvalue weighted by Crippen LogP contribution is -2.14. The van der Waals surface area contributed by atoms with Gasteiger partial charge in [0, 0.05) is 6.07 Å². The number of carboxylic acids is 1. The molecule has 8 nitrogen and oxygen atoms in total. The molecule has 132 valence electrons. The molecule has 0 bridgehead atoms. The third kappa shape index (κ3) is 2.74. The molecule has 26 heavy (non-hydrogen) atoms. The summed E-state index contributed by atoms with van der Waals surface area (Å²) in [5.74, 6) is -0.426. The summed E-state index contributed by atoms with van der Waals surface area (Å²) >= 11 is 0. The molecule has 1 aliphatic rings. The third-order valence-electron chi connectivity index (χ3n) is 3.62. The van der Waals surface area contributed by atoms with Crippen LogP contribution in [0.3, 0.4) is 0 Å². The molecule has 0 fully saturated rings. The Morgan fingerprint density at radius 3 is 2.38 bits per heavy atom. The molecule has 0 aliphatic carbocycles. The first kappa shape index (κ1) is 16.0. The van der Waals surface area contributed by atoms with E-state index in [4.69, 9.17) is 13.9 Å². The highest BCUT2D eigenvalue weighted by atomic mass is 32.2. The zero-order valence-electron chi connectivity index (χ0n) is 13.0. The molecule has 0 spiro atoms. The highest BCUT2D eigenvalue weighted by Crippen LogP contribution is 2.48. The number of anilines is 1. The van der Waals surface area contributed by atoms with E-state index in [1.165, 1.54) is 18.4 Å². The van der Waals surface area contributed by atoms with Gasteiger partial charge < -0.3 is 19.0 Å². The number of benzene rings is 2. The van der Waals surface area contributed by atoms with Gasteiger partial charge in [-0.25, -0.2) is 13.2 Å². The highest BCUT2D eigenvalue weighted by Gasteiger charge is 2.27. The van der Waals surface area contributed by atoms with Gasteiger partial charge in [-0.2, -0.15) is 0 Å². The molecule has 0 unspecified atom stereocenters. The Bertz CT molecular complexity index is 1100. The van der Waals surface area contributed by atoms with Gasteiger partial charge in [0.05, 0.1) is 12.0 Å². The topological polar surface area (TPSA) is 115 Å². The quantitative estimate of drug-likeness (QED) is 0.561. The van der Waals surface area contributed by atoms with Crippen molar-refractivity contribution in [1.82, 2.24) is 0 Å². The molecule has 2 N–H and O–H groups in total. The first-order valence-corrected chi connectivity index (χ1v) is 8.83. The van der Waals surface area contributed by atoms with Crippen molar-refractivity contribution in [3.8, 4) is 23.0 Å². The largest absolute Gasteiger partial charge is 0.478 e. The Morgan fingerprint density at radius 1 is 1.00 bits per heavy atom. The van der Waals surface area contributed by atoms with Gasteiger partial charge in [-0.3, -0.25) is 4.72 Å². The predicted molar refractivity (Wildman–Crippen MR) is 89.5 cm³/mol. The lowest BCUT2D eigenvalue weighted by Gasteiger charge is -2.22. The van der Waals surface area contributed by atoms with E-state index in [0.717, 1.165) is 12.3 Å². The number of para-hydroxylation sites is 2. The molecular formula is C17H11NO7S. The Hall–Kier alpha value is -3.46. The Morgan fingerprint density at radius 2 is 1.73 bits per heavy atom. The fraction of sp³-hybridized carbons (Fsp3) is 0. The summed E-state index contributed by atoms with van der Waals surface area (Å²) in [5, 5.41) is 9.47. The zero-order chi connectivity index (χ0) is 18.3. The van der Waals surface area contributed by atoms with Crippen molar-refractivity contribution in [2.45, 2.75) is 4.90 Å². The average Bonchev–Trinajstić information content (AvgIpc) is 3.14. The fourth-order valence-electron chi connectivity index (χ4n) is 2.47. The lowest BCUT2D eigenvalue weighted by atomic mass is 10.1. The molecule has 0 amide bonds. The number of aromatic carboxylic acids is 1. The van der Waals surface area contributed by atoms with Crippen LogP contribution in [0.4, 0.5) is 5.69 Å². The van der Waals surface area contributed by atoms with Gasteiger partial charge in [0.15, 0.2) is 23.0 Å². The van der Waals surface area contributed by atoms with Crippen LogP contribution in [0.15, 0.2) is 64.3 Å². The minimum atomic E-state index is -3.93. The van der Waals surface area contributed by atoms with Gasteiger partial charge in [0.25, 0.3) is 10.0 Å². The van der Waals surface area contributed by atoms with Gasteiger partial charge in [-0.15, -0.1) is 0 Å². The molecular weight excluding hydrogens is 362 g/mol. The SMILES string of the molecule is O=C(O)c1cc(NS(=O)(=O)c2ccoc2)cc2c1Oc1ccccc1O2. The van der Waals surface area contributed by atoms with Gasteiger partial charge in [-0.1, -0.05) is 12.1 Å². The van der Waals surface area contributed by atoms with E-state index < -0.39 is 16.0 Å². The Labute approximate surface area is 147 Å². The maximum Gasteiger partial charge on any atom is 0.339 e. The number of hydrogen-bond donors (Lipinski definition) is 2. The van der Waals surface area contributed by atoms with E-state index in [1.54, 1.807) is 24.3 Å². The molecule has 0 saturated heterocycles. The van der Waals surface area contributed by atoms with E-state index in [0.29, 0.717) is 11.5 Å². The second kappa shape index (κ2) is 5.81. The van der Waals surface area contributed by atoms with E-state index in [2.05, 4.69) is 4.72 Å². The van der Waals surface area contributed by atoms with Gasteiger partial charge in [-0.05, 0) is 24.3 Å². The summed E-state index contributed by atoms with van der Waals surface area (Å²) in [5.41, 5.74) is -0.216. The normalized spacial score (nSPS) is 12.3. The molecule has 2 heterocycles. The van der Waals surface area contributed by atoms with Crippen LogP contribution in [-0.4, -0.2) is 19.5 Å². The first-order chi connectivity index (χ1) is 12.4. The van der Waals surface area contributed by atoms with Crippen molar-refractivity contribution in [1.29, 1.82) is 0 Å². The molecule has 2 aromatic carbocycles. The summed E-state index contributed by atoms with van der Waals surface area (Å²) in [4.78, 5) is 11.5. The van der Waals surface area contributed by atoms with Crippen LogP contribution in [0.1, 0.15) is 10.4 Å². The number of sulfonamides is 1. The van der Waals surface area contributed by atoms with Gasteiger partial charge in [0.2, 0.25) is 0 Å². The summed E-state index contributed by atoms with van der Waals surface area (Å²) in [6.07, 6.45) is 2.28. The molecule has 1 aliphatic heterocycles. The van der Waals surface area contributed by atoms with Crippen molar-refractivity contribution >= 4 is 21.7 Å². The molecule has 9 heteroatoms. The number of nitrogens with one attached hydrogen (secondary N) is 1. The molecule has 3 aromatic rings. The van der Waals surface area contributed by atoms with Crippen molar-refractivity contribution in [2.24, 2.45) is 0 Å². The number of rotatable bonds is 4. The molecule has 0 atom stereocenters. The summed E-state index contributed by atoms with van der Waals surface area (Å²) < 4.78 is 43.0. The molecule has 1 aromatic heterocycles. The second-order valence-electron chi connectivity index (χ2n) is 5.37. The Balaban J connectivity index is 1.77. The first-order valence-electron chi connectivity index (χ1n) is 7.35. The number of furan rings is 1. The number of carbonyl (C=O) groups is 1. The average molecular weight is 373 g/mol. The van der Waals surface area contributed by atoms with Crippen LogP contribution in [0.25, 0.3) is 0 Å². The van der Waals surface area contributed by atoms with Crippen LogP contribution >= 0.6 is 0 Å². The van der Waals surface area contributed by atoms with Crippen LogP contribution in [0.5, 0.6) is 23.0 Å². The monoisotopic (exact) mass is 373 g/mol. The highest BCUT2D eigenvalue weighted by molar-refractivity contribution is 7.92. The van der Waals surface area contributed by atoms with E-state index in [9.17, 15) is 18.3 Å². The van der Waals surface area contributed by atoms with Gasteiger partial charge in [0.1, 0.15) is 16.7 Å². The van der Waals surface area contributed by atoms with E-state index in [1.807, 2.05) is 0 Å². The maximum absolute atomic E-state index is 12.3. The van der Waals surface area contributed by atoms with Crippen molar-refractivity contribution in [2.75, 3.05) is 4.72 Å². The number of ether oxygens (including phenoxy) is 2. The van der Waals surface area contributed by atoms with Crippen molar-refractivity contribution in [3.63, 3.8) is 0 Å². The van der Waals surface area contributed by atoms with Crippen LogP contribution in [0, 0.1) is 0 Å². The minimum absolute atomic E-state index is 0.00228. The number of fused-ring (bicyclic) bond motifs is 2. The van der Waals surface area contributed by atoms with E-state index in [-0.39, 0.29) is 27.6 Å². The van der Waals surface area contributed by atoms with Crippen molar-refractivity contribution in [3.05, 3.63) is 60.6 Å². The number of hydrogen-bond acceptors (Lipinski definition) is 6. The molecule has 4 rings (SSSR count). The second-order valence-corrected chi connectivity index (χ2v) is 7.05. The smallest absolute Gasteiger partial charge is 0.339 e. The van der Waals surface area contributed by atoms with Crippen LogP contribution in [-0.2, 0) is 10.0 Å². The Kier molecular flexibility index (Phi) is 3.58. The summed E-state index contributed by atoms with van der Waals surface area (Å²) in [7, 11) is -3.93. The number of carboxylic acid groups (broad SMARTS) is 1. The van der Waals surface area contributed by atoms with Crippen LogP contribution < -0.4 is 14.2 Å². The standard InChI is InChI=1S/C17H11NO7S/c19-17(20)12-7-10(18-26(21,22)11-5-6-23-9-11)8-15-16(12)25-14-4-2-1-3-13(14)24-15/h1-9,18H,(H,19,20). The molecule has 0 saturated carbocycles. The lowest BCUT2D eigenvalue weighted by molar-refractivity contribution is 0.0693. The van der Waals surface area contributed by atoms with Crippen molar-refractivity contribution < 1.29 is 32.2 Å². The van der Waals surface area contributed by atoms with Crippen LogP contribution in [0.2, 0.25) is 0 Å². The fourth-order valence-corrected chi connectivity index (χ4v) is 3.43. The predicted octanol–water partition coefficient (Wildman–Crippen LogP) is 3.68. The van der Waals surface area contributed by atoms with Gasteiger partial charge >= 0.3 is 5.97 Å². The summed E-state index contributed by atoms with van der Waals surface area (Å²) in [6, 6.07) is 10.5. The molecule has 0 radical (unpaired) electrons.